The number of alkyl halides is 2. The van der Waals surface area contributed by atoms with Crippen molar-refractivity contribution >= 4 is 5.96 Å². The summed E-state index contributed by atoms with van der Waals surface area (Å²) in [4.78, 5) is 4.22. The molecule has 2 heterocycles. The standard InChI is InChI=1S/C19H27F2N3O3/c1-3-8-25-13-5-4-12(17(10-13)27-18(20)21)11-23-19(22-2)24-15-9-14-6-7-16(15)26-14/h4-5,10,14-16,18H,3,6-9,11H2,1-2H3,(H2,22,23,24). The molecule has 2 N–H and O–H groups in total. The van der Waals surface area contributed by atoms with Crippen LogP contribution >= 0.6 is 0 Å². The zero-order valence-corrected chi connectivity index (χ0v) is 15.7. The van der Waals surface area contributed by atoms with Gasteiger partial charge in [-0.05, 0) is 37.8 Å². The predicted octanol–water partition coefficient (Wildman–Crippen LogP) is 3.06. The average Bonchev–Trinajstić information content (AvgIpc) is 3.27. The van der Waals surface area contributed by atoms with Crippen molar-refractivity contribution in [2.75, 3.05) is 13.7 Å². The van der Waals surface area contributed by atoms with Crippen LogP contribution in [-0.4, -0.2) is 44.5 Å². The van der Waals surface area contributed by atoms with Crippen LogP contribution in [0.25, 0.3) is 0 Å². The Kier molecular flexibility index (Phi) is 6.71. The van der Waals surface area contributed by atoms with E-state index in [2.05, 4.69) is 20.4 Å². The Labute approximate surface area is 158 Å². The first kappa shape index (κ1) is 19.7. The van der Waals surface area contributed by atoms with Gasteiger partial charge in [0.25, 0.3) is 0 Å². The van der Waals surface area contributed by atoms with Crippen molar-refractivity contribution in [3.63, 3.8) is 0 Å². The van der Waals surface area contributed by atoms with Crippen LogP contribution in [0.4, 0.5) is 8.78 Å². The van der Waals surface area contributed by atoms with Crippen molar-refractivity contribution in [3.05, 3.63) is 23.8 Å². The molecule has 2 aliphatic rings. The highest BCUT2D eigenvalue weighted by Gasteiger charge is 2.41. The van der Waals surface area contributed by atoms with Crippen LogP contribution in [0.3, 0.4) is 0 Å². The van der Waals surface area contributed by atoms with E-state index in [0.29, 0.717) is 36.5 Å². The van der Waals surface area contributed by atoms with Crippen LogP contribution in [0.5, 0.6) is 11.5 Å². The third-order valence-electron chi connectivity index (χ3n) is 4.83. The minimum Gasteiger partial charge on any atom is -0.493 e. The van der Waals surface area contributed by atoms with Crippen molar-refractivity contribution < 1.29 is 23.0 Å². The number of halogens is 2. The van der Waals surface area contributed by atoms with Gasteiger partial charge >= 0.3 is 6.61 Å². The van der Waals surface area contributed by atoms with E-state index >= 15 is 0 Å². The first-order valence-electron chi connectivity index (χ1n) is 9.42. The largest absolute Gasteiger partial charge is 0.493 e. The van der Waals surface area contributed by atoms with Gasteiger partial charge in [-0.15, -0.1) is 0 Å². The second kappa shape index (κ2) is 9.21. The SMILES string of the molecule is CCCOc1ccc(CNC(=NC)NC2CC3CCC2O3)c(OC(F)F)c1. The normalized spacial score (nSPS) is 24.3. The molecule has 0 radical (unpaired) electrons. The molecule has 3 unspecified atom stereocenters. The Morgan fingerprint density at radius 2 is 2.22 bits per heavy atom. The maximum Gasteiger partial charge on any atom is 0.387 e. The number of hydrogen-bond acceptors (Lipinski definition) is 4. The molecule has 1 aromatic carbocycles. The number of nitrogens with one attached hydrogen (secondary N) is 2. The molecule has 1 aromatic rings. The van der Waals surface area contributed by atoms with E-state index in [0.717, 1.165) is 25.7 Å². The lowest BCUT2D eigenvalue weighted by atomic mass is 9.96. The summed E-state index contributed by atoms with van der Waals surface area (Å²) in [7, 11) is 1.68. The van der Waals surface area contributed by atoms with Gasteiger partial charge in [-0.25, -0.2) is 0 Å². The highest BCUT2D eigenvalue weighted by atomic mass is 19.3. The minimum absolute atomic E-state index is 0.102. The summed E-state index contributed by atoms with van der Waals surface area (Å²) in [5, 5.41) is 6.53. The smallest absolute Gasteiger partial charge is 0.387 e. The molecule has 0 saturated carbocycles. The molecular weight excluding hydrogens is 356 g/mol. The Hall–Kier alpha value is -2.09. The summed E-state index contributed by atoms with van der Waals surface area (Å²) < 4.78 is 41.6. The lowest BCUT2D eigenvalue weighted by molar-refractivity contribution is -0.0505. The fraction of sp³-hybridized carbons (Fsp3) is 0.632. The molecular formula is C19H27F2N3O3. The van der Waals surface area contributed by atoms with Crippen LogP contribution in [0, 0.1) is 0 Å². The summed E-state index contributed by atoms with van der Waals surface area (Å²) in [5.41, 5.74) is 0.603. The minimum atomic E-state index is -2.89. The van der Waals surface area contributed by atoms with Crippen molar-refractivity contribution in [1.29, 1.82) is 0 Å². The van der Waals surface area contributed by atoms with E-state index < -0.39 is 6.61 Å². The summed E-state index contributed by atoms with van der Waals surface area (Å²) in [6.07, 6.45) is 4.55. The molecule has 2 aliphatic heterocycles. The predicted molar refractivity (Wildman–Crippen MR) is 98.5 cm³/mol. The van der Waals surface area contributed by atoms with E-state index in [1.54, 1.807) is 19.2 Å². The molecule has 0 spiro atoms. The van der Waals surface area contributed by atoms with Gasteiger partial charge in [0, 0.05) is 25.2 Å². The van der Waals surface area contributed by atoms with Gasteiger partial charge in [0.2, 0.25) is 0 Å². The van der Waals surface area contributed by atoms with Crippen molar-refractivity contribution in [3.8, 4) is 11.5 Å². The number of rotatable bonds is 8. The van der Waals surface area contributed by atoms with Crippen molar-refractivity contribution in [2.24, 2.45) is 4.99 Å². The van der Waals surface area contributed by atoms with E-state index in [1.807, 2.05) is 6.92 Å². The zero-order chi connectivity index (χ0) is 19.2. The molecule has 2 bridgehead atoms. The molecule has 27 heavy (non-hydrogen) atoms. The number of ether oxygens (including phenoxy) is 3. The fourth-order valence-corrected chi connectivity index (χ4v) is 3.54. The number of benzene rings is 1. The number of hydrogen-bond donors (Lipinski definition) is 2. The second-order valence-electron chi connectivity index (χ2n) is 6.78. The molecule has 2 saturated heterocycles. The van der Waals surface area contributed by atoms with E-state index in [9.17, 15) is 8.78 Å². The first-order valence-corrected chi connectivity index (χ1v) is 9.42. The number of guanidine groups is 1. The Balaban J connectivity index is 1.60. The summed E-state index contributed by atoms with van der Waals surface area (Å²) in [6.45, 7) is -0.0891. The van der Waals surface area contributed by atoms with Crippen LogP contribution in [0.1, 0.15) is 38.2 Å². The molecule has 3 atom stereocenters. The fourth-order valence-electron chi connectivity index (χ4n) is 3.54. The van der Waals surface area contributed by atoms with Crippen LogP contribution in [-0.2, 0) is 11.3 Å². The highest BCUT2D eigenvalue weighted by Crippen LogP contribution is 2.34. The average molecular weight is 383 g/mol. The molecule has 3 rings (SSSR count). The lowest BCUT2D eigenvalue weighted by Gasteiger charge is -2.23. The Bertz CT molecular complexity index is 657. The van der Waals surface area contributed by atoms with Gasteiger partial charge in [-0.2, -0.15) is 8.78 Å². The Morgan fingerprint density at radius 1 is 1.37 bits per heavy atom. The molecule has 6 nitrogen and oxygen atoms in total. The lowest BCUT2D eigenvalue weighted by Crippen LogP contribution is -2.47. The maximum atomic E-state index is 12.8. The Morgan fingerprint density at radius 3 is 2.85 bits per heavy atom. The quantitative estimate of drug-likeness (QED) is 0.534. The summed E-state index contributed by atoms with van der Waals surface area (Å²) >= 11 is 0. The number of nitrogens with zero attached hydrogens (tertiary/aromatic N) is 1. The van der Waals surface area contributed by atoms with E-state index in [-0.39, 0.29) is 17.9 Å². The summed E-state index contributed by atoms with van der Waals surface area (Å²) in [6, 6.07) is 5.21. The zero-order valence-electron chi connectivity index (χ0n) is 15.7. The van der Waals surface area contributed by atoms with Gasteiger partial charge in [0.1, 0.15) is 11.5 Å². The van der Waals surface area contributed by atoms with E-state index in [4.69, 9.17) is 9.47 Å². The summed E-state index contributed by atoms with van der Waals surface area (Å²) in [5.74, 6) is 1.23. The second-order valence-corrected chi connectivity index (χ2v) is 6.78. The third-order valence-corrected chi connectivity index (χ3v) is 4.83. The molecule has 0 aromatic heterocycles. The molecule has 8 heteroatoms. The molecule has 150 valence electrons. The van der Waals surface area contributed by atoms with Crippen molar-refractivity contribution in [1.82, 2.24) is 10.6 Å². The molecule has 0 aliphatic carbocycles. The number of aliphatic imine (C=N–C) groups is 1. The first-order chi connectivity index (χ1) is 13.1. The van der Waals surface area contributed by atoms with Gasteiger partial charge < -0.3 is 24.8 Å². The van der Waals surface area contributed by atoms with Crippen LogP contribution in [0.15, 0.2) is 23.2 Å². The monoisotopic (exact) mass is 383 g/mol. The third kappa shape index (κ3) is 5.22. The van der Waals surface area contributed by atoms with Crippen molar-refractivity contribution in [2.45, 2.75) is 64.0 Å². The maximum absolute atomic E-state index is 12.8. The van der Waals surface area contributed by atoms with Crippen LogP contribution in [0.2, 0.25) is 0 Å². The number of fused-ring (bicyclic) bond motifs is 2. The van der Waals surface area contributed by atoms with Gasteiger partial charge in [0.15, 0.2) is 5.96 Å². The van der Waals surface area contributed by atoms with E-state index in [1.165, 1.54) is 6.07 Å². The van der Waals surface area contributed by atoms with Gasteiger partial charge in [-0.3, -0.25) is 4.99 Å². The molecule has 0 amide bonds. The molecule has 2 fully saturated rings. The topological polar surface area (TPSA) is 64.1 Å². The van der Waals surface area contributed by atoms with Crippen LogP contribution < -0.4 is 20.1 Å². The highest BCUT2D eigenvalue weighted by molar-refractivity contribution is 5.80. The van der Waals surface area contributed by atoms with Gasteiger partial charge in [-0.1, -0.05) is 6.92 Å². The van der Waals surface area contributed by atoms with Gasteiger partial charge in [0.05, 0.1) is 24.9 Å².